The highest BCUT2D eigenvalue weighted by atomic mass is 16.6. The summed E-state index contributed by atoms with van der Waals surface area (Å²) in [5.41, 5.74) is 2.56. The van der Waals surface area contributed by atoms with E-state index in [9.17, 15) is 10.1 Å². The molecule has 98 valence electrons. The van der Waals surface area contributed by atoms with Crippen LogP contribution in [0.4, 0.5) is 5.69 Å². The fourth-order valence-electron chi connectivity index (χ4n) is 1.95. The van der Waals surface area contributed by atoms with Crippen LogP contribution in [0, 0.1) is 10.1 Å². The summed E-state index contributed by atoms with van der Waals surface area (Å²) in [6.45, 7) is 0. The normalized spacial score (nSPS) is 10.4. The van der Waals surface area contributed by atoms with Gasteiger partial charge >= 0.3 is 0 Å². The number of hydrogen-bond acceptors (Lipinski definition) is 4. The maximum Gasteiger partial charge on any atom is 0.269 e. The first-order valence-electron chi connectivity index (χ1n) is 5.96. The van der Waals surface area contributed by atoms with Crippen molar-refractivity contribution < 1.29 is 4.92 Å². The lowest BCUT2D eigenvalue weighted by Gasteiger charge is -2.05. The van der Waals surface area contributed by atoms with E-state index in [0.717, 1.165) is 16.9 Å². The second-order valence-corrected chi connectivity index (χ2v) is 4.17. The Morgan fingerprint density at radius 2 is 1.70 bits per heavy atom. The second-order valence-electron chi connectivity index (χ2n) is 4.17. The summed E-state index contributed by atoms with van der Waals surface area (Å²) >= 11 is 0. The average molecular weight is 266 g/mol. The van der Waals surface area contributed by atoms with Gasteiger partial charge < -0.3 is 0 Å². The van der Waals surface area contributed by atoms with E-state index in [-0.39, 0.29) is 5.69 Å². The molecular weight excluding hydrogens is 256 g/mol. The highest BCUT2D eigenvalue weighted by molar-refractivity contribution is 5.62. The molecular formula is C14H10N4O2. The van der Waals surface area contributed by atoms with Gasteiger partial charge in [0.1, 0.15) is 0 Å². The third-order valence-electron chi connectivity index (χ3n) is 2.92. The Hall–Kier alpha value is -3.02. The number of nitrogens with zero attached hydrogens (tertiary/aromatic N) is 4. The Balaban J connectivity index is 2.04. The molecule has 1 aromatic heterocycles. The molecule has 6 nitrogen and oxygen atoms in total. The monoisotopic (exact) mass is 266 g/mol. The van der Waals surface area contributed by atoms with Crippen LogP contribution in [0.3, 0.4) is 0 Å². The molecule has 0 N–H and O–H groups in total. The zero-order chi connectivity index (χ0) is 13.9. The maximum absolute atomic E-state index is 10.7. The molecule has 2 aromatic carbocycles. The molecule has 0 atom stereocenters. The van der Waals surface area contributed by atoms with Crippen molar-refractivity contribution >= 4 is 5.69 Å². The molecule has 0 saturated carbocycles. The molecule has 1 heterocycles. The number of hydrogen-bond donors (Lipinski definition) is 0. The van der Waals surface area contributed by atoms with Crippen molar-refractivity contribution in [2.24, 2.45) is 0 Å². The van der Waals surface area contributed by atoms with Crippen LogP contribution in [-0.2, 0) is 0 Å². The molecule has 20 heavy (non-hydrogen) atoms. The summed E-state index contributed by atoms with van der Waals surface area (Å²) < 4.78 is 1.70. The van der Waals surface area contributed by atoms with Crippen LogP contribution in [0.2, 0.25) is 0 Å². The predicted octanol–water partition coefficient (Wildman–Crippen LogP) is 2.84. The van der Waals surface area contributed by atoms with Crippen molar-refractivity contribution in [3.8, 4) is 16.9 Å². The number of aromatic nitrogens is 3. The largest absolute Gasteiger partial charge is 0.269 e. The number of nitro benzene ring substituents is 1. The predicted molar refractivity (Wildman–Crippen MR) is 73.4 cm³/mol. The van der Waals surface area contributed by atoms with Gasteiger partial charge in [-0.1, -0.05) is 23.4 Å². The quantitative estimate of drug-likeness (QED) is 0.539. The van der Waals surface area contributed by atoms with Crippen LogP contribution in [0.5, 0.6) is 0 Å². The standard InChI is InChI=1S/C14H10N4O2/c19-18(20)13-8-6-11(7-9-13)14-10-15-16-17(14)12-4-2-1-3-5-12/h1-10H. The Labute approximate surface area is 114 Å². The minimum Gasteiger partial charge on any atom is -0.258 e. The molecule has 0 spiro atoms. The molecule has 3 rings (SSSR count). The summed E-state index contributed by atoms with van der Waals surface area (Å²) in [6.07, 6.45) is 1.63. The van der Waals surface area contributed by atoms with Gasteiger partial charge in [-0.3, -0.25) is 10.1 Å². The topological polar surface area (TPSA) is 73.8 Å². The van der Waals surface area contributed by atoms with Crippen molar-refractivity contribution in [1.29, 1.82) is 0 Å². The minimum atomic E-state index is -0.420. The first-order chi connectivity index (χ1) is 9.75. The van der Waals surface area contributed by atoms with Gasteiger partial charge in [-0.15, -0.1) is 5.10 Å². The van der Waals surface area contributed by atoms with Crippen LogP contribution < -0.4 is 0 Å². The van der Waals surface area contributed by atoms with Gasteiger partial charge in [0.25, 0.3) is 5.69 Å². The zero-order valence-corrected chi connectivity index (χ0v) is 10.4. The number of benzene rings is 2. The van der Waals surface area contributed by atoms with Gasteiger partial charge in [0.15, 0.2) is 0 Å². The third-order valence-corrected chi connectivity index (χ3v) is 2.92. The van der Waals surface area contributed by atoms with Crippen LogP contribution in [-0.4, -0.2) is 19.9 Å². The van der Waals surface area contributed by atoms with E-state index in [0.29, 0.717) is 0 Å². The fourth-order valence-corrected chi connectivity index (χ4v) is 1.95. The Morgan fingerprint density at radius 1 is 1.00 bits per heavy atom. The van der Waals surface area contributed by atoms with Crippen LogP contribution >= 0.6 is 0 Å². The van der Waals surface area contributed by atoms with Crippen molar-refractivity contribution in [3.63, 3.8) is 0 Å². The van der Waals surface area contributed by atoms with E-state index in [4.69, 9.17) is 0 Å². The van der Waals surface area contributed by atoms with Gasteiger partial charge in [-0.25, -0.2) is 4.68 Å². The first kappa shape index (κ1) is 12.0. The lowest BCUT2D eigenvalue weighted by Crippen LogP contribution is -1.98. The summed E-state index contributed by atoms with van der Waals surface area (Å²) in [5.74, 6) is 0. The Morgan fingerprint density at radius 3 is 2.35 bits per heavy atom. The SMILES string of the molecule is O=[N+]([O-])c1ccc(-c2cnnn2-c2ccccc2)cc1. The highest BCUT2D eigenvalue weighted by Crippen LogP contribution is 2.23. The number of non-ortho nitro benzene ring substituents is 1. The summed E-state index contributed by atoms with van der Waals surface area (Å²) in [5, 5.41) is 18.6. The molecule has 0 aliphatic carbocycles. The van der Waals surface area contributed by atoms with Crippen LogP contribution in [0.25, 0.3) is 16.9 Å². The summed E-state index contributed by atoms with van der Waals surface area (Å²) in [6, 6.07) is 15.9. The van der Waals surface area contributed by atoms with Crippen molar-refractivity contribution in [3.05, 3.63) is 70.9 Å². The van der Waals surface area contributed by atoms with E-state index in [1.54, 1.807) is 23.0 Å². The summed E-state index contributed by atoms with van der Waals surface area (Å²) in [4.78, 5) is 10.2. The summed E-state index contributed by atoms with van der Waals surface area (Å²) in [7, 11) is 0. The molecule has 0 aliphatic heterocycles. The molecule has 0 fully saturated rings. The maximum atomic E-state index is 10.7. The van der Waals surface area contributed by atoms with E-state index in [2.05, 4.69) is 10.3 Å². The van der Waals surface area contributed by atoms with Crippen LogP contribution in [0.15, 0.2) is 60.8 Å². The first-order valence-corrected chi connectivity index (χ1v) is 5.96. The Kier molecular flexibility index (Phi) is 2.96. The molecule has 3 aromatic rings. The van der Waals surface area contributed by atoms with Crippen molar-refractivity contribution in [2.45, 2.75) is 0 Å². The number of nitro groups is 1. The molecule has 0 saturated heterocycles. The highest BCUT2D eigenvalue weighted by Gasteiger charge is 2.10. The van der Waals surface area contributed by atoms with Crippen LogP contribution in [0.1, 0.15) is 0 Å². The molecule has 0 bridgehead atoms. The number of para-hydroxylation sites is 1. The van der Waals surface area contributed by atoms with E-state index in [1.807, 2.05) is 30.3 Å². The van der Waals surface area contributed by atoms with E-state index < -0.39 is 4.92 Å². The van der Waals surface area contributed by atoms with Crippen molar-refractivity contribution in [2.75, 3.05) is 0 Å². The Bertz CT molecular complexity index is 735. The molecule has 0 amide bonds. The van der Waals surface area contributed by atoms with Gasteiger partial charge in [-0.2, -0.15) is 0 Å². The zero-order valence-electron chi connectivity index (χ0n) is 10.4. The molecule has 0 aliphatic rings. The molecule has 0 radical (unpaired) electrons. The number of rotatable bonds is 3. The van der Waals surface area contributed by atoms with E-state index >= 15 is 0 Å². The average Bonchev–Trinajstić information content (AvgIpc) is 2.97. The smallest absolute Gasteiger partial charge is 0.258 e. The lowest BCUT2D eigenvalue weighted by atomic mass is 10.1. The second kappa shape index (κ2) is 4.93. The lowest BCUT2D eigenvalue weighted by molar-refractivity contribution is -0.384. The minimum absolute atomic E-state index is 0.0625. The molecule has 0 unspecified atom stereocenters. The van der Waals surface area contributed by atoms with Gasteiger partial charge in [0.05, 0.1) is 22.5 Å². The van der Waals surface area contributed by atoms with Gasteiger partial charge in [0.2, 0.25) is 0 Å². The third kappa shape index (κ3) is 2.14. The van der Waals surface area contributed by atoms with Crippen molar-refractivity contribution in [1.82, 2.24) is 15.0 Å². The van der Waals surface area contributed by atoms with Gasteiger partial charge in [-0.05, 0) is 24.3 Å². The fraction of sp³-hybridized carbons (Fsp3) is 0. The van der Waals surface area contributed by atoms with E-state index in [1.165, 1.54) is 12.1 Å². The van der Waals surface area contributed by atoms with Gasteiger partial charge in [0, 0.05) is 17.7 Å². The molecule has 6 heteroatoms.